The minimum Gasteiger partial charge on any atom is -0.481 e. The number of carboxylic acid groups (broad SMARTS) is 1. The van der Waals surface area contributed by atoms with E-state index in [-0.39, 0.29) is 5.91 Å². The minimum absolute atomic E-state index is 0.230. The summed E-state index contributed by atoms with van der Waals surface area (Å²) in [6, 6.07) is 6.87. The van der Waals surface area contributed by atoms with Crippen LogP contribution in [0.2, 0.25) is 0 Å². The monoisotopic (exact) mass is 293 g/mol. The maximum Gasteiger partial charge on any atom is 0.310 e. The third kappa shape index (κ3) is 5.55. The van der Waals surface area contributed by atoms with Crippen LogP contribution in [0, 0.1) is 0 Å². The second kappa shape index (κ2) is 8.42. The molecule has 1 aromatic carbocycles. The molecule has 1 rings (SSSR count). The van der Waals surface area contributed by atoms with Gasteiger partial charge in [-0.1, -0.05) is 25.5 Å². The molecule has 0 saturated carbocycles. The maximum absolute atomic E-state index is 12.0. The highest BCUT2D eigenvalue weighted by Crippen LogP contribution is 2.19. The van der Waals surface area contributed by atoms with Crippen LogP contribution in [0.5, 0.6) is 0 Å². The SMILES string of the molecule is CCCCOC(C)C(=O)Nc1cccc(C(C)C(=O)O)c1. The first-order chi connectivity index (χ1) is 9.95. The van der Waals surface area contributed by atoms with Gasteiger partial charge in [0.25, 0.3) is 5.91 Å². The average molecular weight is 293 g/mol. The van der Waals surface area contributed by atoms with E-state index in [1.165, 1.54) is 0 Å². The van der Waals surface area contributed by atoms with Gasteiger partial charge in [-0.15, -0.1) is 0 Å². The summed E-state index contributed by atoms with van der Waals surface area (Å²) in [5, 5.41) is 11.8. The van der Waals surface area contributed by atoms with Crippen LogP contribution in [-0.4, -0.2) is 29.7 Å². The summed E-state index contributed by atoms with van der Waals surface area (Å²) in [7, 11) is 0. The highest BCUT2D eigenvalue weighted by molar-refractivity contribution is 5.94. The first-order valence-corrected chi connectivity index (χ1v) is 7.21. The molecule has 2 N–H and O–H groups in total. The Morgan fingerprint density at radius 3 is 2.67 bits per heavy atom. The van der Waals surface area contributed by atoms with E-state index in [9.17, 15) is 9.59 Å². The third-order valence-electron chi connectivity index (χ3n) is 3.26. The van der Waals surface area contributed by atoms with Gasteiger partial charge in [-0.25, -0.2) is 0 Å². The van der Waals surface area contributed by atoms with E-state index in [0.717, 1.165) is 12.8 Å². The second-order valence-corrected chi connectivity index (χ2v) is 5.04. The Hall–Kier alpha value is -1.88. The van der Waals surface area contributed by atoms with Crippen molar-refractivity contribution in [2.45, 2.75) is 45.6 Å². The van der Waals surface area contributed by atoms with E-state index in [1.807, 2.05) is 0 Å². The quantitative estimate of drug-likeness (QED) is 0.722. The lowest BCUT2D eigenvalue weighted by Crippen LogP contribution is -2.28. The Morgan fingerprint density at radius 2 is 2.05 bits per heavy atom. The van der Waals surface area contributed by atoms with Gasteiger partial charge in [-0.05, 0) is 38.0 Å². The maximum atomic E-state index is 12.0. The van der Waals surface area contributed by atoms with Crippen LogP contribution >= 0.6 is 0 Å². The number of ether oxygens (including phenoxy) is 1. The molecule has 0 aromatic heterocycles. The fourth-order valence-corrected chi connectivity index (χ4v) is 1.75. The molecule has 5 nitrogen and oxygen atoms in total. The van der Waals surface area contributed by atoms with Crippen molar-refractivity contribution in [2.75, 3.05) is 11.9 Å². The molecule has 1 amide bonds. The number of hydrogen-bond acceptors (Lipinski definition) is 3. The van der Waals surface area contributed by atoms with Gasteiger partial charge in [0.1, 0.15) is 6.10 Å². The summed E-state index contributed by atoms with van der Waals surface area (Å²) in [6.45, 7) is 5.93. The molecule has 116 valence electrons. The fourth-order valence-electron chi connectivity index (χ4n) is 1.75. The summed E-state index contributed by atoms with van der Waals surface area (Å²) in [5.41, 5.74) is 1.23. The number of benzene rings is 1. The molecule has 0 aliphatic heterocycles. The molecule has 0 bridgehead atoms. The number of carbonyl (C=O) groups is 2. The molecule has 0 fully saturated rings. The zero-order valence-electron chi connectivity index (χ0n) is 12.8. The minimum atomic E-state index is -0.894. The number of anilines is 1. The zero-order valence-corrected chi connectivity index (χ0v) is 12.8. The molecule has 0 spiro atoms. The summed E-state index contributed by atoms with van der Waals surface area (Å²) < 4.78 is 5.43. The van der Waals surface area contributed by atoms with Crippen LogP contribution in [0.3, 0.4) is 0 Å². The Morgan fingerprint density at radius 1 is 1.33 bits per heavy atom. The molecular formula is C16H23NO4. The molecule has 2 atom stereocenters. The van der Waals surface area contributed by atoms with Crippen LogP contribution in [0.15, 0.2) is 24.3 Å². The van der Waals surface area contributed by atoms with Crippen molar-refractivity contribution in [2.24, 2.45) is 0 Å². The van der Waals surface area contributed by atoms with Crippen molar-refractivity contribution in [1.82, 2.24) is 0 Å². The molecule has 0 saturated heterocycles. The Balaban J connectivity index is 2.64. The van der Waals surface area contributed by atoms with E-state index in [1.54, 1.807) is 38.1 Å². The average Bonchev–Trinajstić information content (AvgIpc) is 2.46. The van der Waals surface area contributed by atoms with E-state index in [4.69, 9.17) is 9.84 Å². The number of carboxylic acids is 1. The Bertz CT molecular complexity index is 487. The Labute approximate surface area is 125 Å². The smallest absolute Gasteiger partial charge is 0.310 e. The van der Waals surface area contributed by atoms with E-state index >= 15 is 0 Å². The van der Waals surface area contributed by atoms with Crippen molar-refractivity contribution in [3.63, 3.8) is 0 Å². The lowest BCUT2D eigenvalue weighted by molar-refractivity contribution is -0.138. The van der Waals surface area contributed by atoms with Gasteiger partial charge in [0.2, 0.25) is 0 Å². The van der Waals surface area contributed by atoms with E-state index < -0.39 is 18.0 Å². The fraction of sp³-hybridized carbons (Fsp3) is 0.500. The van der Waals surface area contributed by atoms with Gasteiger partial charge in [0, 0.05) is 12.3 Å². The van der Waals surface area contributed by atoms with Crippen molar-refractivity contribution in [3.8, 4) is 0 Å². The van der Waals surface area contributed by atoms with Crippen LogP contribution in [-0.2, 0) is 14.3 Å². The van der Waals surface area contributed by atoms with Crippen LogP contribution < -0.4 is 5.32 Å². The highest BCUT2D eigenvalue weighted by atomic mass is 16.5. The molecule has 0 aliphatic carbocycles. The number of hydrogen-bond donors (Lipinski definition) is 2. The van der Waals surface area contributed by atoms with Crippen molar-refractivity contribution < 1.29 is 19.4 Å². The molecule has 2 unspecified atom stereocenters. The molecule has 21 heavy (non-hydrogen) atoms. The number of rotatable bonds is 8. The molecule has 0 aliphatic rings. The van der Waals surface area contributed by atoms with Gasteiger partial charge in [0.05, 0.1) is 5.92 Å². The lowest BCUT2D eigenvalue weighted by atomic mass is 10.0. The van der Waals surface area contributed by atoms with E-state index in [2.05, 4.69) is 12.2 Å². The number of carbonyl (C=O) groups excluding carboxylic acids is 1. The summed E-state index contributed by atoms with van der Waals surface area (Å²) in [4.78, 5) is 23.0. The van der Waals surface area contributed by atoms with Gasteiger partial charge in [-0.2, -0.15) is 0 Å². The number of unbranched alkanes of at least 4 members (excludes halogenated alkanes) is 1. The van der Waals surface area contributed by atoms with Crippen molar-refractivity contribution in [1.29, 1.82) is 0 Å². The topological polar surface area (TPSA) is 75.6 Å². The summed E-state index contributed by atoms with van der Waals surface area (Å²) in [5.74, 6) is -1.74. The second-order valence-electron chi connectivity index (χ2n) is 5.04. The molecule has 0 radical (unpaired) electrons. The molecular weight excluding hydrogens is 270 g/mol. The first-order valence-electron chi connectivity index (χ1n) is 7.21. The molecule has 0 heterocycles. The third-order valence-corrected chi connectivity index (χ3v) is 3.26. The molecule has 1 aromatic rings. The number of amides is 1. The van der Waals surface area contributed by atoms with Gasteiger partial charge in [0.15, 0.2) is 0 Å². The lowest BCUT2D eigenvalue weighted by Gasteiger charge is -2.14. The normalized spacial score (nSPS) is 13.5. The molecule has 5 heteroatoms. The standard InChI is InChI=1S/C16H23NO4/c1-4-5-9-21-12(3)15(18)17-14-8-6-7-13(10-14)11(2)16(19)20/h6-8,10-12H,4-5,9H2,1-3H3,(H,17,18)(H,19,20). The zero-order chi connectivity index (χ0) is 15.8. The summed E-state index contributed by atoms with van der Waals surface area (Å²) >= 11 is 0. The van der Waals surface area contributed by atoms with Gasteiger partial charge in [-0.3, -0.25) is 9.59 Å². The van der Waals surface area contributed by atoms with E-state index in [0.29, 0.717) is 17.9 Å². The van der Waals surface area contributed by atoms with Crippen LogP contribution in [0.4, 0.5) is 5.69 Å². The van der Waals surface area contributed by atoms with Crippen molar-refractivity contribution >= 4 is 17.6 Å². The largest absolute Gasteiger partial charge is 0.481 e. The first kappa shape index (κ1) is 17.2. The van der Waals surface area contributed by atoms with Crippen molar-refractivity contribution in [3.05, 3.63) is 29.8 Å². The predicted molar refractivity (Wildman–Crippen MR) is 81.4 cm³/mol. The Kier molecular flexibility index (Phi) is 6.88. The van der Waals surface area contributed by atoms with Crippen LogP contribution in [0.25, 0.3) is 0 Å². The highest BCUT2D eigenvalue weighted by Gasteiger charge is 2.16. The predicted octanol–water partition coefficient (Wildman–Crippen LogP) is 3.02. The summed E-state index contributed by atoms with van der Waals surface area (Å²) in [6.07, 6.45) is 1.41. The van der Waals surface area contributed by atoms with Crippen LogP contribution in [0.1, 0.15) is 45.1 Å². The van der Waals surface area contributed by atoms with Gasteiger partial charge < -0.3 is 15.2 Å². The number of nitrogens with one attached hydrogen (secondary N) is 1. The number of aliphatic carboxylic acids is 1. The van der Waals surface area contributed by atoms with Gasteiger partial charge >= 0.3 is 5.97 Å².